The molecule has 0 radical (unpaired) electrons. The van der Waals surface area contributed by atoms with Gasteiger partial charge in [-0.2, -0.15) is 0 Å². The van der Waals surface area contributed by atoms with E-state index in [1.807, 2.05) is 44.2 Å². The van der Waals surface area contributed by atoms with Crippen molar-refractivity contribution < 1.29 is 14.7 Å². The van der Waals surface area contributed by atoms with E-state index in [9.17, 15) is 14.7 Å². The second-order valence-corrected chi connectivity index (χ2v) is 5.28. The maximum absolute atomic E-state index is 12.3. The molecule has 4 nitrogen and oxygen atoms in total. The summed E-state index contributed by atoms with van der Waals surface area (Å²) in [6, 6.07) is 5.69. The zero-order chi connectivity index (χ0) is 14.7. The Labute approximate surface area is 118 Å². The van der Waals surface area contributed by atoms with E-state index in [-0.39, 0.29) is 5.91 Å². The fourth-order valence-electron chi connectivity index (χ4n) is 2.43. The summed E-state index contributed by atoms with van der Waals surface area (Å²) < 4.78 is 0. The van der Waals surface area contributed by atoms with Crippen molar-refractivity contribution in [1.29, 1.82) is 0 Å². The lowest BCUT2D eigenvalue weighted by molar-refractivity contribution is -0.146. The van der Waals surface area contributed by atoms with E-state index in [0.717, 1.165) is 16.8 Å². The van der Waals surface area contributed by atoms with Crippen LogP contribution in [0.5, 0.6) is 0 Å². The van der Waals surface area contributed by atoms with Gasteiger partial charge in [-0.1, -0.05) is 18.2 Å². The first-order valence-corrected chi connectivity index (χ1v) is 6.75. The third-order valence-corrected chi connectivity index (χ3v) is 3.86. The predicted molar refractivity (Wildman–Crippen MR) is 77.5 cm³/mol. The molecule has 1 aromatic carbocycles. The average Bonchev–Trinajstić information content (AvgIpc) is 2.43. The van der Waals surface area contributed by atoms with Gasteiger partial charge in [0.2, 0.25) is 5.91 Å². The highest BCUT2D eigenvalue weighted by Crippen LogP contribution is 2.27. The van der Waals surface area contributed by atoms with E-state index < -0.39 is 17.8 Å². The van der Waals surface area contributed by atoms with Crippen LogP contribution in [-0.4, -0.2) is 17.0 Å². The van der Waals surface area contributed by atoms with Crippen molar-refractivity contribution in [2.24, 2.45) is 11.8 Å². The van der Waals surface area contributed by atoms with Crippen LogP contribution in [-0.2, 0) is 9.59 Å². The van der Waals surface area contributed by atoms with Crippen molar-refractivity contribution in [3.8, 4) is 0 Å². The van der Waals surface area contributed by atoms with Crippen LogP contribution >= 0.6 is 0 Å². The summed E-state index contributed by atoms with van der Waals surface area (Å²) in [7, 11) is 0. The van der Waals surface area contributed by atoms with Gasteiger partial charge < -0.3 is 10.4 Å². The minimum Gasteiger partial charge on any atom is -0.481 e. The van der Waals surface area contributed by atoms with Gasteiger partial charge >= 0.3 is 5.97 Å². The lowest BCUT2D eigenvalue weighted by Gasteiger charge is -2.24. The molecule has 0 bridgehead atoms. The molecule has 20 heavy (non-hydrogen) atoms. The van der Waals surface area contributed by atoms with Gasteiger partial charge in [-0.25, -0.2) is 0 Å². The Balaban J connectivity index is 2.12. The maximum atomic E-state index is 12.3. The molecule has 1 aromatic rings. The predicted octanol–water partition coefficient (Wildman–Crippen LogP) is 2.91. The SMILES string of the molecule is Cc1ccc(NC(=O)[C@@H]2CC=CC[C@@H]2C(=O)O)cc1C. The average molecular weight is 273 g/mol. The zero-order valence-corrected chi connectivity index (χ0v) is 11.7. The molecular formula is C16H19NO3. The van der Waals surface area contributed by atoms with Gasteiger partial charge in [0.05, 0.1) is 11.8 Å². The number of amides is 1. The number of carboxylic acids is 1. The summed E-state index contributed by atoms with van der Waals surface area (Å²) in [5.41, 5.74) is 2.98. The molecule has 2 N–H and O–H groups in total. The molecule has 4 heteroatoms. The summed E-state index contributed by atoms with van der Waals surface area (Å²) in [5.74, 6) is -2.26. The number of rotatable bonds is 3. The van der Waals surface area contributed by atoms with E-state index in [0.29, 0.717) is 12.8 Å². The van der Waals surface area contributed by atoms with Crippen molar-refractivity contribution in [2.45, 2.75) is 26.7 Å². The highest BCUT2D eigenvalue weighted by Gasteiger charge is 2.33. The van der Waals surface area contributed by atoms with Crippen molar-refractivity contribution in [2.75, 3.05) is 5.32 Å². The van der Waals surface area contributed by atoms with Crippen molar-refractivity contribution in [3.05, 3.63) is 41.5 Å². The molecule has 0 unspecified atom stereocenters. The Morgan fingerprint density at radius 3 is 2.35 bits per heavy atom. The van der Waals surface area contributed by atoms with Crippen molar-refractivity contribution in [1.82, 2.24) is 0 Å². The number of carbonyl (C=O) groups is 2. The number of hydrogen-bond donors (Lipinski definition) is 2. The molecule has 0 aromatic heterocycles. The van der Waals surface area contributed by atoms with E-state index in [1.54, 1.807) is 0 Å². The molecule has 0 fully saturated rings. The van der Waals surface area contributed by atoms with Gasteiger partial charge in [0.1, 0.15) is 0 Å². The molecule has 0 heterocycles. The largest absolute Gasteiger partial charge is 0.481 e. The molecule has 1 aliphatic rings. The lowest BCUT2D eigenvalue weighted by Crippen LogP contribution is -2.34. The van der Waals surface area contributed by atoms with Gasteiger partial charge in [0.15, 0.2) is 0 Å². The number of aliphatic carboxylic acids is 1. The third kappa shape index (κ3) is 3.07. The molecule has 0 aliphatic heterocycles. The summed E-state index contributed by atoms with van der Waals surface area (Å²) in [6.07, 6.45) is 4.61. The highest BCUT2D eigenvalue weighted by molar-refractivity contribution is 5.95. The molecule has 106 valence electrons. The summed E-state index contributed by atoms with van der Waals surface area (Å²) in [5, 5.41) is 12.0. The van der Waals surface area contributed by atoms with E-state index in [2.05, 4.69) is 5.32 Å². The van der Waals surface area contributed by atoms with Gasteiger partial charge in [0, 0.05) is 5.69 Å². The second kappa shape index (κ2) is 5.90. The van der Waals surface area contributed by atoms with Crippen molar-refractivity contribution >= 4 is 17.6 Å². The first kappa shape index (κ1) is 14.3. The fraction of sp³-hybridized carbons (Fsp3) is 0.375. The van der Waals surface area contributed by atoms with Crippen LogP contribution < -0.4 is 5.32 Å². The second-order valence-electron chi connectivity index (χ2n) is 5.28. The summed E-state index contributed by atoms with van der Waals surface area (Å²) in [6.45, 7) is 3.99. The Morgan fingerprint density at radius 2 is 1.75 bits per heavy atom. The topological polar surface area (TPSA) is 66.4 Å². The summed E-state index contributed by atoms with van der Waals surface area (Å²) in [4.78, 5) is 23.5. The first-order valence-electron chi connectivity index (χ1n) is 6.75. The quantitative estimate of drug-likeness (QED) is 0.832. The number of carbonyl (C=O) groups excluding carboxylic acids is 1. The normalized spacial score (nSPS) is 21.5. The smallest absolute Gasteiger partial charge is 0.307 e. The molecular weight excluding hydrogens is 254 g/mol. The maximum Gasteiger partial charge on any atom is 0.307 e. The molecule has 0 saturated carbocycles. The highest BCUT2D eigenvalue weighted by atomic mass is 16.4. The van der Waals surface area contributed by atoms with Crippen LogP contribution in [0.25, 0.3) is 0 Å². The van der Waals surface area contributed by atoms with Gasteiger partial charge in [0.25, 0.3) is 0 Å². The Morgan fingerprint density at radius 1 is 1.10 bits per heavy atom. The molecule has 2 rings (SSSR count). The first-order chi connectivity index (χ1) is 9.49. The van der Waals surface area contributed by atoms with E-state index in [4.69, 9.17) is 0 Å². The molecule has 1 aliphatic carbocycles. The third-order valence-electron chi connectivity index (χ3n) is 3.86. The molecule has 0 spiro atoms. The van der Waals surface area contributed by atoms with Crippen LogP contribution in [0.1, 0.15) is 24.0 Å². The number of allylic oxidation sites excluding steroid dienone is 2. The summed E-state index contributed by atoms with van der Waals surface area (Å²) >= 11 is 0. The Hall–Kier alpha value is -2.10. The number of nitrogens with one attached hydrogen (secondary N) is 1. The van der Waals surface area contributed by atoms with E-state index >= 15 is 0 Å². The zero-order valence-electron chi connectivity index (χ0n) is 11.7. The van der Waals surface area contributed by atoms with Crippen molar-refractivity contribution in [3.63, 3.8) is 0 Å². The van der Waals surface area contributed by atoms with Crippen LogP contribution in [0.4, 0.5) is 5.69 Å². The van der Waals surface area contributed by atoms with E-state index in [1.165, 1.54) is 0 Å². The number of hydrogen-bond acceptors (Lipinski definition) is 2. The number of benzene rings is 1. The van der Waals surface area contributed by atoms with Crippen LogP contribution in [0.2, 0.25) is 0 Å². The number of anilines is 1. The Bertz CT molecular complexity index is 563. The molecule has 1 amide bonds. The lowest BCUT2D eigenvalue weighted by atomic mass is 9.82. The van der Waals surface area contributed by atoms with Gasteiger partial charge in [-0.05, 0) is 49.9 Å². The minimum atomic E-state index is -0.908. The van der Waals surface area contributed by atoms with Crippen LogP contribution in [0.3, 0.4) is 0 Å². The van der Waals surface area contributed by atoms with Gasteiger partial charge in [-0.3, -0.25) is 9.59 Å². The number of carboxylic acid groups (broad SMARTS) is 1. The van der Waals surface area contributed by atoms with Gasteiger partial charge in [-0.15, -0.1) is 0 Å². The Kier molecular flexibility index (Phi) is 4.23. The van der Waals surface area contributed by atoms with Crippen LogP contribution in [0, 0.1) is 25.7 Å². The molecule has 2 atom stereocenters. The minimum absolute atomic E-state index is 0.218. The van der Waals surface area contributed by atoms with Crippen LogP contribution in [0.15, 0.2) is 30.4 Å². The molecule has 0 saturated heterocycles. The standard InChI is InChI=1S/C16H19NO3/c1-10-7-8-12(9-11(10)2)17-15(18)13-5-3-4-6-14(13)16(19)20/h3-4,7-9,13-14H,5-6H2,1-2H3,(H,17,18)(H,19,20)/t13-,14+/m1/s1. The number of aryl methyl sites for hydroxylation is 2. The monoisotopic (exact) mass is 273 g/mol. The fourth-order valence-corrected chi connectivity index (χ4v) is 2.43.